The maximum Gasteiger partial charge on any atom is 0.120 e. The lowest BCUT2D eigenvalue weighted by molar-refractivity contribution is 0.0372. The molecule has 178 valence electrons. The summed E-state index contributed by atoms with van der Waals surface area (Å²) < 4.78 is 11.6. The molecule has 2 N–H and O–H groups in total. The van der Waals surface area contributed by atoms with Gasteiger partial charge in [0.2, 0.25) is 0 Å². The van der Waals surface area contributed by atoms with Crippen molar-refractivity contribution in [3.63, 3.8) is 0 Å². The van der Waals surface area contributed by atoms with Crippen LogP contribution in [0.3, 0.4) is 0 Å². The number of aliphatic hydroxyl groups is 1. The van der Waals surface area contributed by atoms with Crippen molar-refractivity contribution in [2.45, 2.75) is 32.1 Å². The van der Waals surface area contributed by atoms with Crippen molar-refractivity contribution >= 4 is 0 Å². The molecule has 1 saturated heterocycles. The van der Waals surface area contributed by atoms with E-state index in [1.165, 1.54) is 33.4 Å². The summed E-state index contributed by atoms with van der Waals surface area (Å²) >= 11 is 0. The summed E-state index contributed by atoms with van der Waals surface area (Å²) in [6, 6.07) is 23.1. The molecule has 1 aliphatic carbocycles. The first kappa shape index (κ1) is 23.1. The molecule has 5 nitrogen and oxygen atoms in total. The molecule has 2 atom stereocenters. The van der Waals surface area contributed by atoms with Gasteiger partial charge in [0.1, 0.15) is 12.4 Å². The van der Waals surface area contributed by atoms with Gasteiger partial charge in [-0.1, -0.05) is 54.6 Å². The number of ether oxygens (including phenoxy) is 2. The van der Waals surface area contributed by atoms with Crippen LogP contribution in [0.25, 0.3) is 11.1 Å². The van der Waals surface area contributed by atoms with Crippen LogP contribution in [0.15, 0.2) is 66.7 Å². The standard InChI is InChI=1S/C29H34N2O3/c1-21-23(8-5-9-26(21)22-6-3-2-4-7-22)20-34-25-10-11-27-24(18-25)19-28(32)29(27)30-12-13-31-14-16-33-17-15-31/h2-11,18,28-30,32H,12-17,19-20H2,1H3/t28-,29-/m1/s1. The van der Waals surface area contributed by atoms with Gasteiger partial charge in [0.15, 0.2) is 0 Å². The molecule has 0 amide bonds. The summed E-state index contributed by atoms with van der Waals surface area (Å²) in [6.45, 7) is 8.12. The Morgan fingerprint density at radius 1 is 1.03 bits per heavy atom. The molecule has 0 radical (unpaired) electrons. The predicted molar refractivity (Wildman–Crippen MR) is 135 cm³/mol. The molecule has 0 aromatic heterocycles. The Hall–Kier alpha value is -2.70. The number of morpholine rings is 1. The summed E-state index contributed by atoms with van der Waals surface area (Å²) in [4.78, 5) is 2.41. The molecule has 0 saturated carbocycles. The number of aliphatic hydroxyl groups excluding tert-OH is 1. The molecule has 5 heteroatoms. The van der Waals surface area contributed by atoms with E-state index >= 15 is 0 Å². The van der Waals surface area contributed by atoms with Gasteiger partial charge in [-0.05, 0) is 52.4 Å². The average molecular weight is 459 g/mol. The van der Waals surface area contributed by atoms with Crippen LogP contribution in [0, 0.1) is 6.92 Å². The fourth-order valence-corrected chi connectivity index (χ4v) is 5.08. The van der Waals surface area contributed by atoms with Gasteiger partial charge >= 0.3 is 0 Å². The summed E-state index contributed by atoms with van der Waals surface area (Å²) in [7, 11) is 0. The molecule has 1 heterocycles. The Kier molecular flexibility index (Phi) is 7.26. The number of benzene rings is 3. The molecular weight excluding hydrogens is 424 g/mol. The number of nitrogens with zero attached hydrogens (tertiary/aromatic N) is 1. The van der Waals surface area contributed by atoms with Crippen molar-refractivity contribution < 1.29 is 14.6 Å². The number of hydrogen-bond acceptors (Lipinski definition) is 5. The van der Waals surface area contributed by atoms with Gasteiger partial charge in [-0.25, -0.2) is 0 Å². The highest BCUT2D eigenvalue weighted by molar-refractivity contribution is 5.68. The Labute approximate surface area is 202 Å². The minimum atomic E-state index is -0.403. The maximum atomic E-state index is 10.7. The normalized spacial score (nSPS) is 20.3. The van der Waals surface area contributed by atoms with E-state index in [4.69, 9.17) is 9.47 Å². The van der Waals surface area contributed by atoms with E-state index in [1.807, 2.05) is 12.1 Å². The Morgan fingerprint density at radius 3 is 2.68 bits per heavy atom. The first-order valence-electron chi connectivity index (χ1n) is 12.3. The zero-order valence-corrected chi connectivity index (χ0v) is 19.9. The van der Waals surface area contributed by atoms with Crippen LogP contribution in [-0.2, 0) is 17.8 Å². The second-order valence-corrected chi connectivity index (χ2v) is 9.26. The van der Waals surface area contributed by atoms with Crippen molar-refractivity contribution in [1.29, 1.82) is 0 Å². The van der Waals surface area contributed by atoms with Crippen LogP contribution in [0.2, 0.25) is 0 Å². The van der Waals surface area contributed by atoms with Crippen molar-refractivity contribution in [3.05, 3.63) is 89.0 Å². The first-order chi connectivity index (χ1) is 16.7. The topological polar surface area (TPSA) is 54.0 Å². The van der Waals surface area contributed by atoms with Crippen molar-refractivity contribution in [2.75, 3.05) is 39.4 Å². The lowest BCUT2D eigenvalue weighted by atomic mass is 9.97. The predicted octanol–water partition coefficient (Wildman–Crippen LogP) is 4.12. The van der Waals surface area contributed by atoms with E-state index in [2.05, 4.69) is 71.7 Å². The van der Waals surface area contributed by atoms with E-state index in [0.29, 0.717) is 13.0 Å². The van der Waals surface area contributed by atoms with Gasteiger partial charge in [-0.15, -0.1) is 0 Å². The van der Waals surface area contributed by atoms with Crippen LogP contribution in [0.1, 0.15) is 28.3 Å². The fourth-order valence-electron chi connectivity index (χ4n) is 5.08. The molecule has 5 rings (SSSR count). The highest BCUT2D eigenvalue weighted by atomic mass is 16.5. The SMILES string of the molecule is Cc1c(COc2ccc3c(c2)C[C@@H](O)[C@@H]3NCCN2CCOCC2)cccc1-c1ccccc1. The van der Waals surface area contributed by atoms with Gasteiger partial charge in [-0.2, -0.15) is 0 Å². The van der Waals surface area contributed by atoms with Gasteiger partial charge in [-0.3, -0.25) is 4.90 Å². The Bertz CT molecular complexity index is 1100. The van der Waals surface area contributed by atoms with E-state index < -0.39 is 6.10 Å². The minimum absolute atomic E-state index is 0.0186. The molecule has 1 fully saturated rings. The lowest BCUT2D eigenvalue weighted by Gasteiger charge is -2.27. The number of rotatable bonds is 8. The molecule has 0 bridgehead atoms. The van der Waals surface area contributed by atoms with Gasteiger partial charge < -0.3 is 19.9 Å². The second kappa shape index (κ2) is 10.7. The van der Waals surface area contributed by atoms with E-state index in [1.54, 1.807) is 0 Å². The third kappa shape index (κ3) is 5.18. The molecule has 34 heavy (non-hydrogen) atoms. The zero-order valence-electron chi connectivity index (χ0n) is 19.9. The van der Waals surface area contributed by atoms with Crippen LogP contribution in [0.5, 0.6) is 5.75 Å². The van der Waals surface area contributed by atoms with Crippen molar-refractivity contribution in [2.24, 2.45) is 0 Å². The molecule has 0 spiro atoms. The van der Waals surface area contributed by atoms with Crippen LogP contribution < -0.4 is 10.1 Å². The summed E-state index contributed by atoms with van der Waals surface area (Å²) in [5, 5.41) is 14.3. The third-order valence-electron chi connectivity index (χ3n) is 7.08. The number of fused-ring (bicyclic) bond motifs is 1. The van der Waals surface area contributed by atoms with Gasteiger partial charge in [0, 0.05) is 32.6 Å². The maximum absolute atomic E-state index is 10.7. The van der Waals surface area contributed by atoms with Crippen LogP contribution >= 0.6 is 0 Å². The Balaban J connectivity index is 1.21. The van der Waals surface area contributed by atoms with Crippen molar-refractivity contribution in [3.8, 4) is 16.9 Å². The largest absolute Gasteiger partial charge is 0.489 e. The third-order valence-corrected chi connectivity index (χ3v) is 7.08. The smallest absolute Gasteiger partial charge is 0.120 e. The quantitative estimate of drug-likeness (QED) is 0.532. The highest BCUT2D eigenvalue weighted by Crippen LogP contribution is 2.34. The van der Waals surface area contributed by atoms with Gasteiger partial charge in [0.05, 0.1) is 25.4 Å². The molecule has 3 aromatic carbocycles. The van der Waals surface area contributed by atoms with Crippen LogP contribution in [-0.4, -0.2) is 55.5 Å². The van der Waals surface area contributed by atoms with E-state index in [9.17, 15) is 5.11 Å². The summed E-state index contributed by atoms with van der Waals surface area (Å²) in [5.74, 6) is 0.851. The second-order valence-electron chi connectivity index (χ2n) is 9.26. The van der Waals surface area contributed by atoms with Crippen LogP contribution in [0.4, 0.5) is 0 Å². The van der Waals surface area contributed by atoms with Gasteiger partial charge in [0.25, 0.3) is 0 Å². The summed E-state index contributed by atoms with van der Waals surface area (Å²) in [6.07, 6.45) is 0.254. The highest BCUT2D eigenvalue weighted by Gasteiger charge is 2.31. The molecule has 1 aliphatic heterocycles. The summed E-state index contributed by atoms with van der Waals surface area (Å²) in [5.41, 5.74) is 7.25. The van der Waals surface area contributed by atoms with E-state index in [-0.39, 0.29) is 6.04 Å². The average Bonchev–Trinajstić information content (AvgIpc) is 3.19. The fraction of sp³-hybridized carbons (Fsp3) is 0.379. The number of hydrogen-bond donors (Lipinski definition) is 2. The molecule has 0 unspecified atom stereocenters. The zero-order chi connectivity index (χ0) is 23.3. The first-order valence-corrected chi connectivity index (χ1v) is 12.3. The Morgan fingerprint density at radius 2 is 1.85 bits per heavy atom. The number of nitrogens with one attached hydrogen (secondary N) is 1. The van der Waals surface area contributed by atoms with E-state index in [0.717, 1.165) is 45.1 Å². The lowest BCUT2D eigenvalue weighted by Crippen LogP contribution is -2.41. The molecular formula is C29H34N2O3. The monoisotopic (exact) mass is 458 g/mol. The minimum Gasteiger partial charge on any atom is -0.489 e. The van der Waals surface area contributed by atoms with Crippen molar-refractivity contribution in [1.82, 2.24) is 10.2 Å². The molecule has 2 aliphatic rings. The molecule has 3 aromatic rings.